The number of aryl methyl sites for hydroxylation is 2. The zero-order chi connectivity index (χ0) is 31.4. The van der Waals surface area contributed by atoms with Crippen LogP contribution in [0.2, 0.25) is 0 Å². The molecule has 11 nitrogen and oxygen atoms in total. The summed E-state index contributed by atoms with van der Waals surface area (Å²) in [5.74, 6) is -0.571. The van der Waals surface area contributed by atoms with Crippen LogP contribution in [0.3, 0.4) is 0 Å². The fourth-order valence-corrected chi connectivity index (χ4v) is 8.32. The Morgan fingerprint density at radius 2 is 2.00 bits per heavy atom. The summed E-state index contributed by atoms with van der Waals surface area (Å²) in [6.07, 6.45) is -1.44. The largest absolute Gasteiger partial charge is 0.434 e. The van der Waals surface area contributed by atoms with Gasteiger partial charge in [0.1, 0.15) is 5.00 Å². The molecule has 0 saturated carbocycles. The minimum absolute atomic E-state index is 0.00164. The number of rotatable bonds is 13. The Kier molecular flexibility index (Phi) is 9.95. The SMILES string of the molecule is CCCCN(C[C@@H](O)[C@H](Cc1ccccc1)NC(=O)C1CN(c2sc(C)nc2C)C(=O)O1)S(=O)(=O)c1ccc2ncsc2c1. The number of hydrogen-bond acceptors (Lipinski definition) is 10. The number of cyclic esters (lactones) is 1. The number of anilines is 1. The number of ether oxygens (including phenoxy) is 1. The van der Waals surface area contributed by atoms with Crippen molar-refractivity contribution in [3.63, 3.8) is 0 Å². The summed E-state index contributed by atoms with van der Waals surface area (Å²) in [7, 11) is -3.98. The molecule has 4 aromatic rings. The number of fused-ring (bicyclic) bond motifs is 1. The fraction of sp³-hybridized carbons (Fsp3) is 0.400. The summed E-state index contributed by atoms with van der Waals surface area (Å²) < 4.78 is 35.1. The molecule has 2 N–H and O–H groups in total. The number of benzene rings is 2. The standard InChI is InChI=1S/C30H35N5O6S3/c1-4-5-13-34(44(39,40)22-11-12-23-27(15-22)42-18-31-23)16-25(36)24(14-21-9-7-6-8-10-21)33-28(37)26-17-35(30(38)41-26)29-19(2)32-20(3)43-29/h6-12,15,18,24-26,36H,4-5,13-14,16-17H2,1-3H3,(H,33,37)/t24-,25+,26?/m0/s1. The van der Waals surface area contributed by atoms with E-state index in [0.29, 0.717) is 22.6 Å². The van der Waals surface area contributed by atoms with Crippen molar-refractivity contribution in [2.45, 2.75) is 63.2 Å². The first-order chi connectivity index (χ1) is 21.1. The topological polar surface area (TPSA) is 142 Å². The molecule has 2 amide bonds. The van der Waals surface area contributed by atoms with Crippen molar-refractivity contribution in [2.75, 3.05) is 24.5 Å². The molecule has 1 unspecified atom stereocenters. The van der Waals surface area contributed by atoms with Crippen molar-refractivity contribution in [3.8, 4) is 0 Å². The molecule has 2 aromatic heterocycles. The smallest absolute Gasteiger partial charge is 0.415 e. The van der Waals surface area contributed by atoms with Crippen molar-refractivity contribution in [1.82, 2.24) is 19.6 Å². The first-order valence-corrected chi connectivity index (χ1v) is 17.5. The molecule has 1 aliphatic rings. The molecule has 0 aliphatic carbocycles. The number of amides is 2. The number of aromatic nitrogens is 2. The molecule has 3 heterocycles. The van der Waals surface area contributed by atoms with Crippen LogP contribution in [0.1, 0.15) is 36.0 Å². The van der Waals surface area contributed by atoms with E-state index in [1.165, 1.54) is 37.9 Å². The molecule has 0 spiro atoms. The van der Waals surface area contributed by atoms with Gasteiger partial charge in [0.25, 0.3) is 5.91 Å². The number of carbonyl (C=O) groups is 2. The van der Waals surface area contributed by atoms with Gasteiger partial charge >= 0.3 is 6.09 Å². The van der Waals surface area contributed by atoms with E-state index in [9.17, 15) is 23.1 Å². The van der Waals surface area contributed by atoms with Gasteiger partial charge in [-0.05, 0) is 50.5 Å². The number of aliphatic hydroxyl groups is 1. The van der Waals surface area contributed by atoms with Gasteiger partial charge in [0.15, 0.2) is 6.10 Å². The van der Waals surface area contributed by atoms with Crippen LogP contribution in [0, 0.1) is 13.8 Å². The summed E-state index contributed by atoms with van der Waals surface area (Å²) in [5.41, 5.74) is 3.89. The van der Waals surface area contributed by atoms with Crippen LogP contribution in [0.25, 0.3) is 10.2 Å². The summed E-state index contributed by atoms with van der Waals surface area (Å²) in [4.78, 5) is 36.3. The number of nitrogens with zero attached hydrogens (tertiary/aromatic N) is 4. The predicted molar refractivity (Wildman–Crippen MR) is 171 cm³/mol. The van der Waals surface area contributed by atoms with Gasteiger partial charge in [-0.3, -0.25) is 9.69 Å². The van der Waals surface area contributed by atoms with E-state index in [1.807, 2.05) is 44.2 Å². The van der Waals surface area contributed by atoms with Crippen molar-refractivity contribution >= 4 is 59.9 Å². The maximum absolute atomic E-state index is 13.8. The first kappa shape index (κ1) is 32.0. The van der Waals surface area contributed by atoms with Crippen LogP contribution < -0.4 is 10.2 Å². The lowest BCUT2D eigenvalue weighted by atomic mass is 10.0. The van der Waals surface area contributed by atoms with Gasteiger partial charge in [-0.2, -0.15) is 4.31 Å². The van der Waals surface area contributed by atoms with Gasteiger partial charge in [-0.25, -0.2) is 23.2 Å². The van der Waals surface area contributed by atoms with E-state index in [-0.39, 0.29) is 31.0 Å². The van der Waals surface area contributed by atoms with Crippen LogP contribution in [-0.4, -0.2) is 77.7 Å². The quantitative estimate of drug-likeness (QED) is 0.217. The third kappa shape index (κ3) is 7.10. The zero-order valence-electron chi connectivity index (χ0n) is 24.7. The number of unbranched alkanes of at least 4 members (excludes halogenated alkanes) is 1. The van der Waals surface area contributed by atoms with Gasteiger partial charge in [-0.1, -0.05) is 43.7 Å². The normalized spacial score (nSPS) is 16.8. The van der Waals surface area contributed by atoms with Crippen molar-refractivity contribution < 1.29 is 27.9 Å². The van der Waals surface area contributed by atoms with Gasteiger partial charge < -0.3 is 15.2 Å². The Bertz CT molecular complexity index is 1730. The van der Waals surface area contributed by atoms with Gasteiger partial charge in [0.2, 0.25) is 10.0 Å². The molecule has 1 aliphatic heterocycles. The molecule has 0 radical (unpaired) electrons. The lowest BCUT2D eigenvalue weighted by Gasteiger charge is -2.30. The number of nitrogens with one attached hydrogen (secondary N) is 1. The summed E-state index contributed by atoms with van der Waals surface area (Å²) in [6.45, 7) is 5.55. The van der Waals surface area contributed by atoms with Crippen molar-refractivity contribution in [2.24, 2.45) is 0 Å². The lowest BCUT2D eigenvalue weighted by molar-refractivity contribution is -0.129. The minimum atomic E-state index is -3.98. The highest BCUT2D eigenvalue weighted by atomic mass is 32.2. The number of sulfonamides is 1. The minimum Gasteiger partial charge on any atom is -0.434 e. The molecule has 5 rings (SSSR count). The number of thiazole rings is 2. The zero-order valence-corrected chi connectivity index (χ0v) is 27.1. The van der Waals surface area contributed by atoms with E-state index < -0.39 is 40.3 Å². The Balaban J connectivity index is 1.36. The summed E-state index contributed by atoms with van der Waals surface area (Å²) in [5, 5.41) is 15.8. The van der Waals surface area contributed by atoms with E-state index in [4.69, 9.17) is 4.74 Å². The number of aliphatic hydroxyl groups excluding tert-OH is 1. The maximum Gasteiger partial charge on any atom is 0.415 e. The summed E-state index contributed by atoms with van der Waals surface area (Å²) in [6, 6.07) is 13.2. The molecule has 234 valence electrons. The first-order valence-electron chi connectivity index (χ1n) is 14.3. The van der Waals surface area contributed by atoms with Gasteiger partial charge in [0, 0.05) is 13.1 Å². The van der Waals surface area contributed by atoms with Crippen LogP contribution in [0.15, 0.2) is 58.9 Å². The van der Waals surface area contributed by atoms with Crippen molar-refractivity contribution in [3.05, 3.63) is 70.3 Å². The molecule has 14 heteroatoms. The fourth-order valence-electron chi connectivity index (χ4n) is 5.09. The lowest BCUT2D eigenvalue weighted by Crippen LogP contribution is -2.53. The molecule has 1 fully saturated rings. The molecule has 2 aromatic carbocycles. The molecule has 44 heavy (non-hydrogen) atoms. The predicted octanol–water partition coefficient (Wildman–Crippen LogP) is 4.27. The van der Waals surface area contributed by atoms with Crippen LogP contribution >= 0.6 is 22.7 Å². The molecule has 3 atom stereocenters. The second kappa shape index (κ2) is 13.7. The molecule has 1 saturated heterocycles. The highest BCUT2D eigenvalue weighted by Gasteiger charge is 2.40. The maximum atomic E-state index is 13.8. The van der Waals surface area contributed by atoms with Crippen LogP contribution in [-0.2, 0) is 26.0 Å². The Morgan fingerprint density at radius 3 is 2.70 bits per heavy atom. The van der Waals surface area contributed by atoms with Crippen LogP contribution in [0.5, 0.6) is 0 Å². The van der Waals surface area contributed by atoms with Crippen molar-refractivity contribution in [1.29, 1.82) is 0 Å². The number of carbonyl (C=O) groups excluding carboxylic acids is 2. The average molecular weight is 658 g/mol. The Morgan fingerprint density at radius 1 is 1.23 bits per heavy atom. The van der Waals surface area contributed by atoms with E-state index >= 15 is 0 Å². The van der Waals surface area contributed by atoms with Gasteiger partial charge in [-0.15, -0.1) is 22.7 Å². The molecular weight excluding hydrogens is 623 g/mol. The Hall–Kier alpha value is -3.43. The second-order valence-corrected chi connectivity index (χ2v) is 14.7. The number of hydrogen-bond donors (Lipinski definition) is 2. The summed E-state index contributed by atoms with van der Waals surface area (Å²) >= 11 is 2.70. The van der Waals surface area contributed by atoms with E-state index in [1.54, 1.807) is 24.6 Å². The third-order valence-corrected chi connectivity index (χ3v) is 11.2. The van der Waals surface area contributed by atoms with E-state index in [2.05, 4.69) is 15.3 Å². The van der Waals surface area contributed by atoms with Gasteiger partial charge in [0.05, 0.1) is 50.0 Å². The highest BCUT2D eigenvalue weighted by molar-refractivity contribution is 7.89. The Labute approximate surface area is 264 Å². The molecular formula is C30H35N5O6S3. The highest BCUT2D eigenvalue weighted by Crippen LogP contribution is 2.31. The average Bonchev–Trinajstić information content (AvgIpc) is 3.72. The second-order valence-electron chi connectivity index (χ2n) is 10.7. The van der Waals surface area contributed by atoms with Crippen LogP contribution in [0.4, 0.5) is 9.80 Å². The van der Waals surface area contributed by atoms with E-state index in [0.717, 1.165) is 21.7 Å². The monoisotopic (exact) mass is 657 g/mol. The third-order valence-electron chi connectivity index (χ3n) is 7.41. The molecule has 0 bridgehead atoms.